The number of carbonyl (C=O) groups excluding carboxylic acids is 2. The molecule has 2 fully saturated rings. The Morgan fingerprint density at radius 2 is 1.95 bits per heavy atom. The van der Waals surface area contributed by atoms with Crippen molar-refractivity contribution in [1.82, 2.24) is 5.32 Å². The Labute approximate surface area is 139 Å². The fraction of sp³-hybridized carbons (Fsp3) is 0.500. The number of piperidine rings is 1. The predicted molar refractivity (Wildman–Crippen MR) is 87.1 cm³/mol. The van der Waals surface area contributed by atoms with E-state index >= 15 is 0 Å². The first-order valence-electron chi connectivity index (χ1n) is 7.40. The van der Waals surface area contributed by atoms with Crippen LogP contribution in [0.15, 0.2) is 30.3 Å². The molecule has 2 atom stereocenters. The van der Waals surface area contributed by atoms with Gasteiger partial charge >= 0.3 is 0 Å². The zero-order valence-electron chi connectivity index (χ0n) is 12.3. The Bertz CT molecular complexity index is 605. The lowest BCUT2D eigenvalue weighted by Crippen LogP contribution is -2.54. The molecule has 3 rings (SSSR count). The Kier molecular flexibility index (Phi) is 3.86. The molecule has 1 aliphatic carbocycles. The van der Waals surface area contributed by atoms with E-state index in [-0.39, 0.29) is 11.8 Å². The van der Waals surface area contributed by atoms with Crippen molar-refractivity contribution in [3.8, 4) is 0 Å². The number of nitrogens with one attached hydrogen (secondary N) is 1. The average molecular weight is 341 g/mol. The summed E-state index contributed by atoms with van der Waals surface area (Å²) in [5.41, 5.74) is 0.0546. The number of halogens is 2. The lowest BCUT2D eigenvalue weighted by Gasteiger charge is -2.33. The fourth-order valence-electron chi connectivity index (χ4n) is 2.84. The molecule has 2 amide bonds. The minimum Gasteiger partial charge on any atom is -0.344 e. The largest absolute Gasteiger partial charge is 0.344 e. The minimum absolute atomic E-state index is 0.0789. The zero-order valence-corrected chi connectivity index (χ0v) is 13.8. The number of para-hydroxylation sites is 1. The summed E-state index contributed by atoms with van der Waals surface area (Å²) in [7, 11) is 0. The third kappa shape index (κ3) is 2.59. The van der Waals surface area contributed by atoms with E-state index in [0.717, 1.165) is 12.1 Å². The molecule has 22 heavy (non-hydrogen) atoms. The van der Waals surface area contributed by atoms with Gasteiger partial charge in [0.15, 0.2) is 0 Å². The number of hydrogen-bond donors (Lipinski definition) is 1. The summed E-state index contributed by atoms with van der Waals surface area (Å²) >= 11 is 12.1. The number of carbonyl (C=O) groups is 2. The van der Waals surface area contributed by atoms with Gasteiger partial charge in [0, 0.05) is 12.2 Å². The first kappa shape index (κ1) is 15.6. The molecule has 0 spiro atoms. The van der Waals surface area contributed by atoms with Crippen molar-refractivity contribution in [2.45, 2.75) is 36.6 Å². The van der Waals surface area contributed by atoms with Crippen LogP contribution in [-0.4, -0.2) is 28.7 Å². The van der Waals surface area contributed by atoms with E-state index in [2.05, 4.69) is 5.32 Å². The molecule has 1 saturated heterocycles. The van der Waals surface area contributed by atoms with Crippen molar-refractivity contribution in [1.29, 1.82) is 0 Å². The summed E-state index contributed by atoms with van der Waals surface area (Å²) in [5.74, 6) is -0.324. The number of anilines is 1. The number of alkyl halides is 2. The SMILES string of the molecule is C[C@@]1(C(=O)N[C@H]2CCCN(c3ccccc3)C2=O)CC1(Cl)Cl. The van der Waals surface area contributed by atoms with Crippen LogP contribution in [0.1, 0.15) is 26.2 Å². The number of rotatable bonds is 3. The van der Waals surface area contributed by atoms with E-state index in [0.29, 0.717) is 19.4 Å². The quantitative estimate of drug-likeness (QED) is 0.860. The molecule has 1 heterocycles. The number of hydrogen-bond acceptors (Lipinski definition) is 2. The van der Waals surface area contributed by atoms with E-state index in [1.807, 2.05) is 30.3 Å². The van der Waals surface area contributed by atoms with Crippen LogP contribution in [0.4, 0.5) is 5.69 Å². The third-order valence-corrected chi connectivity index (χ3v) is 5.67. The maximum atomic E-state index is 12.6. The van der Waals surface area contributed by atoms with E-state index in [1.165, 1.54) is 0 Å². The molecule has 118 valence electrons. The maximum Gasteiger partial charge on any atom is 0.249 e. The molecule has 4 nitrogen and oxygen atoms in total. The van der Waals surface area contributed by atoms with Crippen LogP contribution in [0, 0.1) is 5.41 Å². The van der Waals surface area contributed by atoms with Crippen LogP contribution >= 0.6 is 23.2 Å². The van der Waals surface area contributed by atoms with E-state index in [1.54, 1.807) is 11.8 Å². The van der Waals surface area contributed by atoms with Crippen LogP contribution in [0.2, 0.25) is 0 Å². The Morgan fingerprint density at radius 3 is 2.55 bits per heavy atom. The van der Waals surface area contributed by atoms with Crippen LogP contribution < -0.4 is 10.2 Å². The molecule has 2 aliphatic rings. The Morgan fingerprint density at radius 1 is 1.32 bits per heavy atom. The highest BCUT2D eigenvalue weighted by Crippen LogP contribution is 2.63. The molecule has 1 aliphatic heterocycles. The van der Waals surface area contributed by atoms with E-state index in [4.69, 9.17) is 23.2 Å². The molecule has 6 heteroatoms. The van der Waals surface area contributed by atoms with Gasteiger partial charge in [-0.3, -0.25) is 9.59 Å². The van der Waals surface area contributed by atoms with Gasteiger partial charge in [-0.05, 0) is 38.3 Å². The Hall–Kier alpha value is -1.26. The fourth-order valence-corrected chi connectivity index (χ4v) is 3.54. The third-order valence-electron chi connectivity index (χ3n) is 4.57. The molecule has 0 bridgehead atoms. The monoisotopic (exact) mass is 340 g/mol. The van der Waals surface area contributed by atoms with Gasteiger partial charge in [0.05, 0.1) is 5.41 Å². The van der Waals surface area contributed by atoms with Gasteiger partial charge in [-0.15, -0.1) is 23.2 Å². The molecule has 1 aromatic carbocycles. The molecular weight excluding hydrogens is 323 g/mol. The van der Waals surface area contributed by atoms with Crippen LogP contribution in [0.25, 0.3) is 0 Å². The smallest absolute Gasteiger partial charge is 0.249 e. The van der Waals surface area contributed by atoms with Gasteiger partial charge in [-0.2, -0.15) is 0 Å². The van der Waals surface area contributed by atoms with E-state index < -0.39 is 15.8 Å². The second kappa shape index (κ2) is 5.43. The highest BCUT2D eigenvalue weighted by molar-refractivity contribution is 6.53. The first-order chi connectivity index (χ1) is 10.3. The van der Waals surface area contributed by atoms with Crippen molar-refractivity contribution in [2.24, 2.45) is 5.41 Å². The predicted octanol–water partition coefficient (Wildman–Crippen LogP) is 2.88. The molecular formula is C16H18Cl2N2O2. The molecule has 0 aromatic heterocycles. The Balaban J connectivity index is 1.70. The average Bonchev–Trinajstić information content (AvgIpc) is 3.02. The highest BCUT2D eigenvalue weighted by atomic mass is 35.5. The number of benzene rings is 1. The summed E-state index contributed by atoms with van der Waals surface area (Å²) in [6, 6.07) is 8.98. The van der Waals surface area contributed by atoms with Gasteiger partial charge in [0.25, 0.3) is 0 Å². The van der Waals surface area contributed by atoms with Crippen molar-refractivity contribution in [2.75, 3.05) is 11.4 Å². The summed E-state index contributed by atoms with van der Waals surface area (Å²) in [4.78, 5) is 26.7. The standard InChI is InChI=1S/C16H18Cl2N2O2/c1-15(10-16(15,17)18)14(22)19-12-8-5-9-20(13(12)21)11-6-3-2-4-7-11/h2-4,6-7,12H,5,8-10H2,1H3,(H,19,22)/t12-,15-/m0/s1. The van der Waals surface area contributed by atoms with Crippen molar-refractivity contribution >= 4 is 40.7 Å². The molecule has 0 unspecified atom stereocenters. The number of nitrogens with zero attached hydrogens (tertiary/aromatic N) is 1. The van der Waals surface area contributed by atoms with Gasteiger partial charge < -0.3 is 10.2 Å². The van der Waals surface area contributed by atoms with Gasteiger partial charge in [-0.1, -0.05) is 18.2 Å². The summed E-state index contributed by atoms with van der Waals surface area (Å²) in [6.45, 7) is 2.39. The summed E-state index contributed by atoms with van der Waals surface area (Å²) in [6.07, 6.45) is 1.90. The lowest BCUT2D eigenvalue weighted by atomic mass is 10.0. The van der Waals surface area contributed by atoms with Crippen LogP contribution in [0.5, 0.6) is 0 Å². The van der Waals surface area contributed by atoms with Gasteiger partial charge in [0.2, 0.25) is 11.8 Å². The van der Waals surface area contributed by atoms with Crippen LogP contribution in [0.3, 0.4) is 0 Å². The van der Waals surface area contributed by atoms with E-state index in [9.17, 15) is 9.59 Å². The molecule has 0 radical (unpaired) electrons. The van der Waals surface area contributed by atoms with Crippen molar-refractivity contribution in [3.05, 3.63) is 30.3 Å². The van der Waals surface area contributed by atoms with Crippen LogP contribution in [-0.2, 0) is 9.59 Å². The highest BCUT2D eigenvalue weighted by Gasteiger charge is 2.68. The molecule has 1 aromatic rings. The first-order valence-corrected chi connectivity index (χ1v) is 8.16. The normalized spacial score (nSPS) is 30.0. The van der Waals surface area contributed by atoms with Gasteiger partial charge in [0.1, 0.15) is 10.4 Å². The maximum absolute atomic E-state index is 12.6. The molecule has 1 saturated carbocycles. The summed E-state index contributed by atoms with van der Waals surface area (Å²) in [5, 5.41) is 2.83. The second-order valence-corrected chi connectivity index (χ2v) is 7.69. The molecule has 1 N–H and O–H groups in total. The second-order valence-electron chi connectivity index (χ2n) is 6.21. The van der Waals surface area contributed by atoms with Gasteiger partial charge in [-0.25, -0.2) is 0 Å². The van der Waals surface area contributed by atoms with Crippen molar-refractivity contribution < 1.29 is 9.59 Å². The lowest BCUT2D eigenvalue weighted by molar-refractivity contribution is -0.131. The summed E-state index contributed by atoms with van der Waals surface area (Å²) < 4.78 is -1.02. The van der Waals surface area contributed by atoms with Crippen molar-refractivity contribution in [3.63, 3.8) is 0 Å². The number of amides is 2. The minimum atomic E-state index is -1.02. The topological polar surface area (TPSA) is 49.4 Å². The zero-order chi connectivity index (χ0) is 16.0.